The Kier molecular flexibility index (Phi) is 7.65. The minimum Gasteiger partial charge on any atom is -0.491 e. The van der Waals surface area contributed by atoms with Gasteiger partial charge < -0.3 is 18.9 Å². The van der Waals surface area contributed by atoms with Crippen LogP contribution in [0.2, 0.25) is 0 Å². The molecule has 2 aromatic rings. The van der Waals surface area contributed by atoms with Crippen molar-refractivity contribution in [3.63, 3.8) is 0 Å². The van der Waals surface area contributed by atoms with Crippen LogP contribution in [0.15, 0.2) is 30.6 Å². The van der Waals surface area contributed by atoms with E-state index in [9.17, 15) is 9.59 Å². The van der Waals surface area contributed by atoms with E-state index in [1.165, 1.54) is 7.11 Å². The highest BCUT2D eigenvalue weighted by Crippen LogP contribution is 2.27. The number of fused-ring (bicyclic) bond motifs is 1. The third-order valence-corrected chi connectivity index (χ3v) is 6.61. The molecule has 0 aliphatic carbocycles. The van der Waals surface area contributed by atoms with Gasteiger partial charge in [0.05, 0.1) is 13.7 Å². The van der Waals surface area contributed by atoms with Crippen LogP contribution in [-0.2, 0) is 40.4 Å². The maximum absolute atomic E-state index is 13.0. The van der Waals surface area contributed by atoms with Gasteiger partial charge in [-0.3, -0.25) is 14.5 Å². The molecular formula is C25H34N4O4. The van der Waals surface area contributed by atoms with Crippen molar-refractivity contribution in [2.75, 3.05) is 26.8 Å². The van der Waals surface area contributed by atoms with Crippen molar-refractivity contribution in [3.05, 3.63) is 47.5 Å². The number of imidazole rings is 1. The van der Waals surface area contributed by atoms with Crippen molar-refractivity contribution < 1.29 is 19.1 Å². The van der Waals surface area contributed by atoms with Gasteiger partial charge in [-0.2, -0.15) is 0 Å². The number of ether oxygens (including phenoxy) is 2. The predicted molar refractivity (Wildman–Crippen MR) is 124 cm³/mol. The first-order valence-corrected chi connectivity index (χ1v) is 11.9. The Morgan fingerprint density at radius 3 is 2.94 bits per heavy atom. The van der Waals surface area contributed by atoms with Crippen LogP contribution in [0.25, 0.3) is 0 Å². The van der Waals surface area contributed by atoms with Crippen LogP contribution in [0, 0.1) is 0 Å². The van der Waals surface area contributed by atoms with E-state index >= 15 is 0 Å². The number of rotatable bonds is 7. The highest BCUT2D eigenvalue weighted by Gasteiger charge is 2.29. The average Bonchev–Trinajstić information content (AvgIpc) is 3.19. The van der Waals surface area contributed by atoms with Crippen molar-refractivity contribution >= 4 is 11.9 Å². The van der Waals surface area contributed by atoms with Gasteiger partial charge in [0.15, 0.2) is 0 Å². The van der Waals surface area contributed by atoms with E-state index in [4.69, 9.17) is 9.47 Å². The van der Waals surface area contributed by atoms with Crippen molar-refractivity contribution in [1.29, 1.82) is 0 Å². The molecule has 0 bridgehead atoms. The van der Waals surface area contributed by atoms with Gasteiger partial charge in [-0.25, -0.2) is 4.98 Å². The Balaban J connectivity index is 1.42. The van der Waals surface area contributed by atoms with Gasteiger partial charge in [-0.05, 0) is 37.1 Å². The molecule has 4 rings (SSSR count). The summed E-state index contributed by atoms with van der Waals surface area (Å²) >= 11 is 0. The van der Waals surface area contributed by atoms with Crippen molar-refractivity contribution in [2.45, 2.75) is 64.7 Å². The van der Waals surface area contributed by atoms with Crippen molar-refractivity contribution in [3.8, 4) is 5.75 Å². The van der Waals surface area contributed by atoms with E-state index < -0.39 is 0 Å². The Morgan fingerprint density at radius 1 is 1.24 bits per heavy atom. The summed E-state index contributed by atoms with van der Waals surface area (Å²) in [6, 6.07) is 5.99. The van der Waals surface area contributed by atoms with Gasteiger partial charge in [0.2, 0.25) is 5.91 Å². The van der Waals surface area contributed by atoms with E-state index in [2.05, 4.69) is 33.5 Å². The third kappa shape index (κ3) is 5.55. The third-order valence-electron chi connectivity index (χ3n) is 6.61. The molecule has 1 atom stereocenters. The van der Waals surface area contributed by atoms with Crippen LogP contribution < -0.4 is 4.74 Å². The molecule has 0 saturated carbocycles. The standard InChI is InChI=1S/C25H34N4O4/c1-3-23-26-10-13-27(23)12-9-24(30)29-14-15-33-22-8-7-19(16-20(22)18-29)17-28-11-5-4-6-21(28)25(31)32-2/h7-8,10,13,16,21H,3-6,9,11-12,14-15,17-18H2,1-2H3/t21-/m0/s1. The zero-order chi connectivity index (χ0) is 23.2. The van der Waals surface area contributed by atoms with Crippen LogP contribution in [0.4, 0.5) is 0 Å². The van der Waals surface area contributed by atoms with Gasteiger partial charge >= 0.3 is 5.97 Å². The number of hydrogen-bond donors (Lipinski definition) is 0. The zero-order valence-corrected chi connectivity index (χ0v) is 19.7. The summed E-state index contributed by atoms with van der Waals surface area (Å²) in [6.07, 6.45) is 7.97. The molecule has 0 N–H and O–H groups in total. The lowest BCUT2D eigenvalue weighted by Gasteiger charge is -2.33. The minimum absolute atomic E-state index is 0.120. The second-order valence-corrected chi connectivity index (χ2v) is 8.75. The van der Waals surface area contributed by atoms with Crippen LogP contribution in [0.1, 0.15) is 49.6 Å². The van der Waals surface area contributed by atoms with Gasteiger partial charge in [-0.1, -0.05) is 19.4 Å². The number of aryl methyl sites for hydroxylation is 2. The first kappa shape index (κ1) is 23.3. The quantitative estimate of drug-likeness (QED) is 0.599. The lowest BCUT2D eigenvalue weighted by Crippen LogP contribution is -2.44. The molecule has 178 valence electrons. The average molecular weight is 455 g/mol. The Morgan fingerprint density at radius 2 is 2.12 bits per heavy atom. The summed E-state index contributed by atoms with van der Waals surface area (Å²) in [5, 5.41) is 0. The lowest BCUT2D eigenvalue weighted by atomic mass is 10.0. The maximum atomic E-state index is 13.0. The highest BCUT2D eigenvalue weighted by molar-refractivity contribution is 5.76. The van der Waals surface area contributed by atoms with E-state index in [1.807, 2.05) is 17.2 Å². The van der Waals surface area contributed by atoms with Crippen LogP contribution in [-0.4, -0.2) is 64.1 Å². The number of esters is 1. The number of aromatic nitrogens is 2. The number of amides is 1. The summed E-state index contributed by atoms with van der Waals surface area (Å²) in [7, 11) is 1.45. The molecule has 1 saturated heterocycles. The normalized spacial score (nSPS) is 18.8. The van der Waals surface area contributed by atoms with Crippen molar-refractivity contribution in [1.82, 2.24) is 19.4 Å². The van der Waals surface area contributed by atoms with Crippen molar-refractivity contribution in [2.24, 2.45) is 0 Å². The van der Waals surface area contributed by atoms with Gasteiger partial charge in [0.25, 0.3) is 0 Å². The summed E-state index contributed by atoms with van der Waals surface area (Å²) < 4.78 is 13.0. The molecular weight excluding hydrogens is 420 g/mol. The SMILES string of the molecule is CCc1nccn1CCC(=O)N1CCOc2ccc(CN3CCCC[C@H]3C(=O)OC)cc2C1. The lowest BCUT2D eigenvalue weighted by molar-refractivity contribution is -0.148. The monoisotopic (exact) mass is 454 g/mol. The largest absolute Gasteiger partial charge is 0.491 e. The van der Waals surface area contributed by atoms with Crippen LogP contribution >= 0.6 is 0 Å². The summed E-state index contributed by atoms with van der Waals surface area (Å²) in [4.78, 5) is 33.6. The molecule has 1 aromatic carbocycles. The number of benzene rings is 1. The van der Waals surface area contributed by atoms with E-state index in [0.717, 1.165) is 54.9 Å². The molecule has 1 fully saturated rings. The number of piperidine rings is 1. The van der Waals surface area contributed by atoms with Crippen LogP contribution in [0.5, 0.6) is 5.75 Å². The second kappa shape index (κ2) is 10.8. The molecule has 2 aliphatic rings. The molecule has 1 aromatic heterocycles. The number of carbonyl (C=O) groups excluding carboxylic acids is 2. The first-order chi connectivity index (χ1) is 16.1. The minimum atomic E-state index is -0.187. The Bertz CT molecular complexity index is 973. The van der Waals surface area contributed by atoms with Gasteiger partial charge in [0, 0.05) is 50.4 Å². The molecule has 0 spiro atoms. The highest BCUT2D eigenvalue weighted by atomic mass is 16.5. The number of methoxy groups -OCH3 is 1. The Hall–Kier alpha value is -2.87. The summed E-state index contributed by atoms with van der Waals surface area (Å²) in [5.74, 6) is 1.79. The van der Waals surface area contributed by atoms with Gasteiger partial charge in [-0.15, -0.1) is 0 Å². The molecule has 3 heterocycles. The van der Waals surface area contributed by atoms with E-state index in [0.29, 0.717) is 39.2 Å². The van der Waals surface area contributed by atoms with E-state index in [-0.39, 0.29) is 17.9 Å². The fourth-order valence-corrected chi connectivity index (χ4v) is 4.81. The fourth-order valence-electron chi connectivity index (χ4n) is 4.81. The van der Waals surface area contributed by atoms with Crippen LogP contribution in [0.3, 0.4) is 0 Å². The second-order valence-electron chi connectivity index (χ2n) is 8.75. The molecule has 1 amide bonds. The Labute approximate surface area is 195 Å². The molecule has 8 nitrogen and oxygen atoms in total. The molecule has 8 heteroatoms. The number of carbonyl (C=O) groups is 2. The van der Waals surface area contributed by atoms with Gasteiger partial charge in [0.1, 0.15) is 24.2 Å². The molecule has 2 aliphatic heterocycles. The number of likely N-dealkylation sites (tertiary alicyclic amines) is 1. The molecule has 0 radical (unpaired) electrons. The maximum Gasteiger partial charge on any atom is 0.323 e. The summed E-state index contributed by atoms with van der Waals surface area (Å²) in [6.45, 7) is 5.86. The predicted octanol–water partition coefficient (Wildman–Crippen LogP) is 2.78. The summed E-state index contributed by atoms with van der Waals surface area (Å²) in [5.41, 5.74) is 2.13. The van der Waals surface area contributed by atoms with E-state index in [1.54, 1.807) is 6.20 Å². The first-order valence-electron chi connectivity index (χ1n) is 11.9. The zero-order valence-electron chi connectivity index (χ0n) is 19.7. The fraction of sp³-hybridized carbons (Fsp3) is 0.560. The smallest absolute Gasteiger partial charge is 0.323 e. The number of nitrogens with zero attached hydrogens (tertiary/aromatic N) is 4. The topological polar surface area (TPSA) is 76.9 Å². The number of hydrogen-bond acceptors (Lipinski definition) is 6. The molecule has 0 unspecified atom stereocenters. The molecule has 33 heavy (non-hydrogen) atoms.